The highest BCUT2D eigenvalue weighted by Gasteiger charge is 2.42. The van der Waals surface area contributed by atoms with Crippen LogP contribution in [-0.2, 0) is 4.57 Å². The first-order valence-electron chi connectivity index (χ1n) is 10.3. The van der Waals surface area contributed by atoms with E-state index in [1.807, 2.05) is 66.7 Å². The highest BCUT2D eigenvalue weighted by atomic mass is 32.1. The molecule has 1 N–H and O–H groups in total. The summed E-state index contributed by atoms with van der Waals surface area (Å²) < 4.78 is 27.7. The van der Waals surface area contributed by atoms with E-state index in [4.69, 9.17) is 9.05 Å². The van der Waals surface area contributed by atoms with E-state index in [9.17, 15) is 4.57 Å². The van der Waals surface area contributed by atoms with Gasteiger partial charge >= 0.3 is 7.60 Å². The van der Waals surface area contributed by atoms with Gasteiger partial charge in [-0.15, -0.1) is 11.3 Å². The first-order valence-corrected chi connectivity index (χ1v) is 12.8. The molecule has 8 heteroatoms. The standard InChI is InChI=1S/C25H20N3O3PS/c29-32(30-20-9-3-1-4-10-20,31-21-11-5-2-6-12-21)25(22-13-7-8-16-26-22)28-19-14-15-24-23(17-19)27-18-33-24/h1-18,25,28H. The number of benzene rings is 3. The predicted octanol–water partition coefficient (Wildman–Crippen LogP) is 7.15. The van der Waals surface area contributed by atoms with Crippen LogP contribution in [0.4, 0.5) is 5.69 Å². The normalized spacial score (nSPS) is 12.2. The number of hydrogen-bond donors (Lipinski definition) is 1. The van der Waals surface area contributed by atoms with Crippen molar-refractivity contribution in [2.75, 3.05) is 5.32 Å². The maximum atomic E-state index is 14.5. The molecular weight excluding hydrogens is 453 g/mol. The third-order valence-corrected chi connectivity index (χ3v) is 7.64. The van der Waals surface area contributed by atoms with Gasteiger partial charge in [0.15, 0.2) is 5.78 Å². The minimum atomic E-state index is -3.90. The van der Waals surface area contributed by atoms with Crippen molar-refractivity contribution >= 4 is 34.8 Å². The quantitative estimate of drug-likeness (QED) is 0.241. The fraction of sp³-hybridized carbons (Fsp3) is 0.0400. The molecule has 0 aliphatic rings. The van der Waals surface area contributed by atoms with E-state index in [0.29, 0.717) is 17.2 Å². The Labute approximate surface area is 195 Å². The van der Waals surface area contributed by atoms with Gasteiger partial charge in [-0.05, 0) is 54.6 Å². The monoisotopic (exact) mass is 473 g/mol. The molecular formula is C25H20N3O3PS. The number of thiazole rings is 1. The maximum Gasteiger partial charge on any atom is 0.459 e. The van der Waals surface area contributed by atoms with Gasteiger partial charge < -0.3 is 14.4 Å². The third kappa shape index (κ3) is 4.90. The Bertz CT molecular complexity index is 1340. The lowest BCUT2D eigenvalue weighted by atomic mass is 10.3. The molecule has 33 heavy (non-hydrogen) atoms. The molecule has 0 aliphatic heterocycles. The molecule has 1 unspecified atom stereocenters. The van der Waals surface area contributed by atoms with Crippen LogP contribution in [0.3, 0.4) is 0 Å². The number of hydrogen-bond acceptors (Lipinski definition) is 7. The van der Waals surface area contributed by atoms with Gasteiger partial charge in [-0.25, -0.2) is 9.55 Å². The van der Waals surface area contributed by atoms with E-state index >= 15 is 0 Å². The lowest BCUT2D eigenvalue weighted by molar-refractivity contribution is 0.375. The topological polar surface area (TPSA) is 73.3 Å². The van der Waals surface area contributed by atoms with Crippen LogP contribution in [0.25, 0.3) is 10.2 Å². The van der Waals surface area contributed by atoms with E-state index in [1.54, 1.807) is 53.4 Å². The largest absolute Gasteiger partial charge is 0.459 e. The summed E-state index contributed by atoms with van der Waals surface area (Å²) in [5.74, 6) is -0.000837. The maximum absolute atomic E-state index is 14.5. The average Bonchev–Trinajstić information content (AvgIpc) is 3.32. The van der Waals surface area contributed by atoms with Gasteiger partial charge in [0.2, 0.25) is 0 Å². The Morgan fingerprint density at radius 1 is 0.788 bits per heavy atom. The third-order valence-electron chi connectivity index (χ3n) is 4.87. The van der Waals surface area contributed by atoms with Crippen molar-refractivity contribution in [3.63, 3.8) is 0 Å². The molecule has 6 nitrogen and oxygen atoms in total. The Morgan fingerprint density at radius 2 is 1.45 bits per heavy atom. The van der Waals surface area contributed by atoms with Gasteiger partial charge in [-0.1, -0.05) is 42.5 Å². The van der Waals surface area contributed by atoms with E-state index in [-0.39, 0.29) is 0 Å². The van der Waals surface area contributed by atoms with Gasteiger partial charge in [-0.3, -0.25) is 4.98 Å². The van der Waals surface area contributed by atoms with Crippen LogP contribution in [0.2, 0.25) is 0 Å². The minimum Gasteiger partial charge on any atom is -0.414 e. The van der Waals surface area contributed by atoms with Crippen molar-refractivity contribution in [2.45, 2.75) is 5.78 Å². The summed E-state index contributed by atoms with van der Waals surface area (Å²) in [5, 5.41) is 3.35. The molecule has 0 saturated heterocycles. The molecule has 0 saturated carbocycles. The number of aromatic nitrogens is 2. The second-order valence-electron chi connectivity index (χ2n) is 7.18. The average molecular weight is 473 g/mol. The summed E-state index contributed by atoms with van der Waals surface area (Å²) in [4.78, 5) is 8.86. The molecule has 1 atom stereocenters. The SMILES string of the molecule is O=P(Oc1ccccc1)(Oc1ccccc1)C(Nc1ccc2scnc2c1)c1ccccn1. The predicted molar refractivity (Wildman–Crippen MR) is 132 cm³/mol. The zero-order valence-corrected chi connectivity index (χ0v) is 19.2. The van der Waals surface area contributed by atoms with Crippen molar-refractivity contribution in [3.8, 4) is 11.5 Å². The van der Waals surface area contributed by atoms with E-state index < -0.39 is 13.4 Å². The summed E-state index contributed by atoms with van der Waals surface area (Å²) in [7, 11) is -3.90. The van der Waals surface area contributed by atoms with Crippen LogP contribution in [0.5, 0.6) is 11.5 Å². The molecule has 5 rings (SSSR count). The van der Waals surface area contributed by atoms with Crippen molar-refractivity contribution in [1.29, 1.82) is 0 Å². The van der Waals surface area contributed by atoms with Crippen LogP contribution in [0.1, 0.15) is 11.5 Å². The molecule has 5 aromatic rings. The first-order chi connectivity index (χ1) is 16.2. The molecule has 0 fully saturated rings. The van der Waals surface area contributed by atoms with Crippen molar-refractivity contribution < 1.29 is 13.6 Å². The molecule has 2 aromatic heterocycles. The lowest BCUT2D eigenvalue weighted by Crippen LogP contribution is -2.19. The molecule has 0 spiro atoms. The summed E-state index contributed by atoms with van der Waals surface area (Å²) >= 11 is 1.56. The van der Waals surface area contributed by atoms with Crippen LogP contribution in [0, 0.1) is 0 Å². The number of fused-ring (bicyclic) bond motifs is 1. The van der Waals surface area contributed by atoms with Crippen LogP contribution < -0.4 is 14.4 Å². The molecule has 164 valence electrons. The molecule has 0 aliphatic carbocycles. The van der Waals surface area contributed by atoms with Gasteiger partial charge in [0.1, 0.15) is 11.5 Å². The summed E-state index contributed by atoms with van der Waals surface area (Å²) in [6.45, 7) is 0. The van der Waals surface area contributed by atoms with E-state index in [0.717, 1.165) is 15.9 Å². The molecule has 2 heterocycles. The molecule has 3 aromatic carbocycles. The van der Waals surface area contributed by atoms with Gasteiger partial charge in [-0.2, -0.15) is 0 Å². The fourth-order valence-electron chi connectivity index (χ4n) is 3.34. The number of nitrogens with one attached hydrogen (secondary N) is 1. The highest BCUT2D eigenvalue weighted by Crippen LogP contribution is 2.59. The van der Waals surface area contributed by atoms with Crippen LogP contribution in [0.15, 0.2) is 109 Å². The number of nitrogens with zero attached hydrogens (tertiary/aromatic N) is 2. The fourth-order valence-corrected chi connectivity index (χ4v) is 5.86. The summed E-state index contributed by atoms with van der Waals surface area (Å²) in [5.41, 5.74) is 3.92. The zero-order valence-electron chi connectivity index (χ0n) is 17.4. The van der Waals surface area contributed by atoms with Crippen LogP contribution >= 0.6 is 18.9 Å². The van der Waals surface area contributed by atoms with Crippen molar-refractivity contribution in [2.24, 2.45) is 0 Å². The smallest absolute Gasteiger partial charge is 0.414 e. The molecule has 0 radical (unpaired) electrons. The highest BCUT2D eigenvalue weighted by molar-refractivity contribution is 7.55. The summed E-state index contributed by atoms with van der Waals surface area (Å²) in [6, 6.07) is 29.3. The second-order valence-corrected chi connectivity index (χ2v) is 10.0. The van der Waals surface area contributed by atoms with Crippen LogP contribution in [-0.4, -0.2) is 9.97 Å². The number of rotatable bonds is 8. The lowest BCUT2D eigenvalue weighted by Gasteiger charge is -2.28. The number of pyridine rings is 1. The summed E-state index contributed by atoms with van der Waals surface area (Å²) in [6.07, 6.45) is 1.66. The van der Waals surface area contributed by atoms with Gasteiger partial charge in [0, 0.05) is 11.9 Å². The first kappa shape index (κ1) is 21.2. The second kappa shape index (κ2) is 9.45. The van der Waals surface area contributed by atoms with E-state index in [2.05, 4.69) is 15.3 Å². The molecule has 0 bridgehead atoms. The number of para-hydroxylation sites is 2. The molecule has 0 amide bonds. The van der Waals surface area contributed by atoms with Gasteiger partial charge in [0.25, 0.3) is 0 Å². The van der Waals surface area contributed by atoms with Crippen molar-refractivity contribution in [3.05, 3.63) is 114 Å². The van der Waals surface area contributed by atoms with E-state index in [1.165, 1.54) is 0 Å². The number of anilines is 1. The Morgan fingerprint density at radius 3 is 2.09 bits per heavy atom. The Kier molecular flexibility index (Phi) is 6.07. The van der Waals surface area contributed by atoms with Gasteiger partial charge in [0.05, 0.1) is 21.4 Å². The Balaban J connectivity index is 1.59. The zero-order chi connectivity index (χ0) is 22.5. The minimum absolute atomic E-state index is 0.439. The Hall–Kier alpha value is -3.67. The van der Waals surface area contributed by atoms with Crippen molar-refractivity contribution in [1.82, 2.24) is 9.97 Å².